The van der Waals surface area contributed by atoms with Gasteiger partial charge >= 0.3 is 6.18 Å². The Bertz CT molecular complexity index is 1200. The van der Waals surface area contributed by atoms with Crippen molar-refractivity contribution in [3.8, 4) is 11.1 Å². The molecule has 1 fully saturated rings. The Hall–Kier alpha value is -2.08. The highest BCUT2D eigenvalue weighted by Crippen LogP contribution is 2.39. The van der Waals surface area contributed by atoms with Crippen LogP contribution in [0.1, 0.15) is 16.8 Å². The number of sulfonamides is 1. The van der Waals surface area contributed by atoms with Gasteiger partial charge in [0.05, 0.1) is 27.5 Å². The molecule has 1 saturated heterocycles. The fraction of sp³-hybridized carbons (Fsp3) is 0.381. The highest BCUT2D eigenvalue weighted by molar-refractivity contribution is 7.89. The van der Waals surface area contributed by atoms with Crippen molar-refractivity contribution in [3.63, 3.8) is 0 Å². The topological polar surface area (TPSA) is 70.6 Å². The van der Waals surface area contributed by atoms with Gasteiger partial charge in [-0.2, -0.15) is 17.5 Å². The maximum atomic E-state index is 13.4. The minimum atomic E-state index is -4.43. The van der Waals surface area contributed by atoms with Crippen molar-refractivity contribution in [2.45, 2.75) is 18.0 Å². The predicted molar refractivity (Wildman–Crippen MR) is 117 cm³/mol. The molecule has 1 aromatic carbocycles. The molecule has 2 aliphatic rings. The Morgan fingerprint density at radius 3 is 2.28 bits per heavy atom. The summed E-state index contributed by atoms with van der Waals surface area (Å²) in [6, 6.07) is 4.76. The molecule has 1 aromatic heterocycles. The fourth-order valence-corrected chi connectivity index (χ4v) is 6.29. The number of aromatic nitrogens is 1. The van der Waals surface area contributed by atoms with Crippen molar-refractivity contribution in [2.75, 3.05) is 39.0 Å². The van der Waals surface area contributed by atoms with Crippen molar-refractivity contribution < 1.29 is 25.8 Å². The molecular weight excluding hydrogens is 463 g/mol. The summed E-state index contributed by atoms with van der Waals surface area (Å²) in [5, 5.41) is 0. The average molecular weight is 486 g/mol. The summed E-state index contributed by atoms with van der Waals surface area (Å²) in [6.45, 7) is 4.04. The zero-order valence-corrected chi connectivity index (χ0v) is 19.1. The molecule has 0 bridgehead atoms. The number of piperazine rings is 1. The molecule has 2 aromatic rings. The third-order valence-electron chi connectivity index (χ3n) is 5.70. The Labute approximate surface area is 187 Å². The van der Waals surface area contributed by atoms with Gasteiger partial charge in [0.2, 0.25) is 10.0 Å². The standard InChI is InChI=1S/C21H22F3N3O3S2/c1-14-18-11-17(13-26-7-9-27(10-8-26)32(2,29)30)31(28)20(18)19(12-25-14)15-3-5-16(6-4-15)21(22,23)24/h3-6,11-12H,7-10,13H2,1-2H3. The third-order valence-corrected chi connectivity index (χ3v) is 8.54. The molecule has 172 valence electrons. The molecule has 0 spiro atoms. The smallest absolute Gasteiger partial charge is 0.296 e. The van der Waals surface area contributed by atoms with Gasteiger partial charge in [-0.15, -0.1) is 0 Å². The first-order valence-corrected chi connectivity index (χ1v) is 12.9. The third kappa shape index (κ3) is 4.52. The second kappa shape index (κ2) is 8.36. The van der Waals surface area contributed by atoms with Gasteiger partial charge in [-0.3, -0.25) is 9.88 Å². The van der Waals surface area contributed by atoms with Gasteiger partial charge in [-0.05, 0) is 30.7 Å². The van der Waals surface area contributed by atoms with Crippen LogP contribution in [0.4, 0.5) is 13.2 Å². The van der Waals surface area contributed by atoms with Gasteiger partial charge in [0, 0.05) is 60.6 Å². The van der Waals surface area contributed by atoms with E-state index in [1.165, 1.54) is 22.7 Å². The van der Waals surface area contributed by atoms with Crippen LogP contribution in [0.15, 0.2) is 40.3 Å². The lowest BCUT2D eigenvalue weighted by Gasteiger charge is -2.33. The maximum absolute atomic E-state index is 13.4. The minimum absolute atomic E-state index is 0.378. The number of rotatable bonds is 4. The second-order valence-corrected chi connectivity index (χ2v) is 11.3. The molecule has 0 saturated carbocycles. The zero-order valence-electron chi connectivity index (χ0n) is 17.5. The highest BCUT2D eigenvalue weighted by atomic mass is 32.2. The molecule has 4 rings (SSSR count). The van der Waals surface area contributed by atoms with Gasteiger partial charge < -0.3 is 0 Å². The van der Waals surface area contributed by atoms with Crippen LogP contribution >= 0.6 is 0 Å². The number of fused-ring (bicyclic) bond motifs is 1. The zero-order chi connectivity index (χ0) is 23.3. The number of halogens is 3. The van der Waals surface area contributed by atoms with E-state index in [-0.39, 0.29) is 0 Å². The van der Waals surface area contributed by atoms with E-state index in [9.17, 15) is 25.8 Å². The normalized spacial score (nSPS) is 20.3. The van der Waals surface area contributed by atoms with Gasteiger partial charge in [-0.1, -0.05) is 12.1 Å². The molecule has 32 heavy (non-hydrogen) atoms. The molecular formula is C21H22F3N3O3S2. The van der Waals surface area contributed by atoms with Crippen LogP contribution in [-0.4, -0.2) is 65.8 Å². The first kappa shape index (κ1) is 23.1. The Balaban J connectivity index is 1.57. The molecule has 0 amide bonds. The van der Waals surface area contributed by atoms with E-state index in [4.69, 9.17) is 0 Å². The lowest BCUT2D eigenvalue weighted by Crippen LogP contribution is -2.48. The van der Waals surface area contributed by atoms with Crippen LogP contribution in [0.25, 0.3) is 17.2 Å². The average Bonchev–Trinajstić information content (AvgIpc) is 3.05. The number of alkyl halides is 3. The minimum Gasteiger partial charge on any atom is -0.296 e. The number of hydrogen-bond donors (Lipinski definition) is 0. The molecule has 0 aliphatic carbocycles. The molecule has 3 heterocycles. The number of nitrogens with zero attached hydrogens (tertiary/aromatic N) is 3. The molecule has 0 radical (unpaired) electrons. The van der Waals surface area contributed by atoms with E-state index in [1.54, 1.807) is 13.1 Å². The van der Waals surface area contributed by atoms with E-state index >= 15 is 0 Å². The summed E-state index contributed by atoms with van der Waals surface area (Å²) in [5.41, 5.74) is 1.75. The maximum Gasteiger partial charge on any atom is 0.416 e. The van der Waals surface area contributed by atoms with Gasteiger partial charge in [-0.25, -0.2) is 12.6 Å². The molecule has 1 unspecified atom stereocenters. The summed E-state index contributed by atoms with van der Waals surface area (Å²) < 4.78 is 76.9. The molecule has 11 heteroatoms. The monoisotopic (exact) mass is 485 g/mol. The summed E-state index contributed by atoms with van der Waals surface area (Å²) in [5.74, 6) is 0. The molecule has 6 nitrogen and oxygen atoms in total. The van der Waals surface area contributed by atoms with Crippen molar-refractivity contribution in [3.05, 3.63) is 52.2 Å². The summed E-state index contributed by atoms with van der Waals surface area (Å²) in [6.07, 6.45) is 0.151. The van der Waals surface area contributed by atoms with Crippen molar-refractivity contribution in [2.24, 2.45) is 0 Å². The largest absolute Gasteiger partial charge is 0.416 e. The lowest BCUT2D eigenvalue weighted by molar-refractivity contribution is -0.137. The van der Waals surface area contributed by atoms with E-state index in [0.717, 1.165) is 17.7 Å². The lowest BCUT2D eigenvalue weighted by atomic mass is 10.0. The van der Waals surface area contributed by atoms with E-state index in [0.29, 0.717) is 59.3 Å². The Morgan fingerprint density at radius 2 is 1.72 bits per heavy atom. The van der Waals surface area contributed by atoms with Gasteiger partial charge in [0.1, 0.15) is 0 Å². The van der Waals surface area contributed by atoms with Crippen LogP contribution in [0.5, 0.6) is 0 Å². The van der Waals surface area contributed by atoms with E-state index < -0.39 is 32.6 Å². The number of aryl methyl sites for hydroxylation is 1. The molecule has 2 aliphatic heterocycles. The van der Waals surface area contributed by atoms with Crippen LogP contribution in [0.3, 0.4) is 0 Å². The first-order chi connectivity index (χ1) is 14.9. The molecule has 1 atom stereocenters. The number of hydrogen-bond acceptors (Lipinski definition) is 5. The van der Waals surface area contributed by atoms with Crippen LogP contribution < -0.4 is 0 Å². The summed E-state index contributed by atoms with van der Waals surface area (Å²) in [4.78, 5) is 7.65. The first-order valence-electron chi connectivity index (χ1n) is 9.92. The van der Waals surface area contributed by atoms with E-state index in [1.807, 2.05) is 6.08 Å². The van der Waals surface area contributed by atoms with Crippen LogP contribution in [-0.2, 0) is 27.0 Å². The van der Waals surface area contributed by atoms with Crippen molar-refractivity contribution in [1.82, 2.24) is 14.2 Å². The Kier molecular flexibility index (Phi) is 6.03. The summed E-state index contributed by atoms with van der Waals surface area (Å²) in [7, 11) is -4.71. The summed E-state index contributed by atoms with van der Waals surface area (Å²) >= 11 is 0. The fourth-order valence-electron chi connectivity index (χ4n) is 3.90. The SMILES string of the molecule is Cc1ncc(-c2ccc(C(F)(F)F)cc2)c2c1C=C(CN1CCN(S(C)(=O)=O)CC1)S2=O. The Morgan fingerprint density at radius 1 is 1.09 bits per heavy atom. The highest BCUT2D eigenvalue weighted by Gasteiger charge is 2.32. The predicted octanol–water partition coefficient (Wildman–Crippen LogP) is 3.12. The molecule has 0 N–H and O–H groups in total. The van der Waals surface area contributed by atoms with Crippen molar-refractivity contribution in [1.29, 1.82) is 0 Å². The van der Waals surface area contributed by atoms with Gasteiger partial charge in [0.15, 0.2) is 0 Å². The number of pyridine rings is 1. The van der Waals surface area contributed by atoms with Crippen molar-refractivity contribution >= 4 is 26.9 Å². The quantitative estimate of drug-likeness (QED) is 0.666. The second-order valence-electron chi connectivity index (χ2n) is 7.89. The van der Waals surface area contributed by atoms with E-state index in [2.05, 4.69) is 9.88 Å². The number of benzene rings is 1. The van der Waals surface area contributed by atoms with Crippen LogP contribution in [0.2, 0.25) is 0 Å². The van der Waals surface area contributed by atoms with Gasteiger partial charge in [0.25, 0.3) is 0 Å². The van der Waals surface area contributed by atoms with Crippen LogP contribution in [0, 0.1) is 6.92 Å².